The van der Waals surface area contributed by atoms with Crippen molar-refractivity contribution in [3.8, 4) is 5.75 Å². The van der Waals surface area contributed by atoms with E-state index in [-0.39, 0.29) is 5.41 Å². The second-order valence-electron chi connectivity index (χ2n) is 5.81. The van der Waals surface area contributed by atoms with Crippen molar-refractivity contribution in [2.24, 2.45) is 5.41 Å². The van der Waals surface area contributed by atoms with Gasteiger partial charge >= 0.3 is 0 Å². The third kappa shape index (κ3) is 3.87. The maximum absolute atomic E-state index is 9.38. The molecule has 1 aromatic carbocycles. The molecule has 1 aliphatic heterocycles. The highest BCUT2D eigenvalue weighted by molar-refractivity contribution is 5.48. The minimum absolute atomic E-state index is 0.181. The van der Waals surface area contributed by atoms with Gasteiger partial charge in [-0.25, -0.2) is 0 Å². The van der Waals surface area contributed by atoms with Crippen LogP contribution in [0.2, 0.25) is 0 Å². The number of phenolic OH excluding ortho intramolecular Hbond substituents is 1. The summed E-state index contributed by atoms with van der Waals surface area (Å²) in [6, 6.07) is 7.39. The monoisotopic (exact) mass is 278 g/mol. The summed E-state index contributed by atoms with van der Waals surface area (Å²) in [6.45, 7) is 6.79. The van der Waals surface area contributed by atoms with E-state index in [1.54, 1.807) is 12.1 Å². The number of nitrogens with one attached hydrogen (secondary N) is 1. The Morgan fingerprint density at radius 3 is 2.70 bits per heavy atom. The summed E-state index contributed by atoms with van der Waals surface area (Å²) in [5, 5.41) is 12.9. The molecule has 0 spiro atoms. The number of aromatic hydroxyl groups is 1. The van der Waals surface area contributed by atoms with Crippen molar-refractivity contribution in [1.82, 2.24) is 5.32 Å². The third-order valence-corrected chi connectivity index (χ3v) is 4.02. The van der Waals surface area contributed by atoms with Gasteiger partial charge in [0, 0.05) is 37.8 Å². The lowest BCUT2D eigenvalue weighted by Crippen LogP contribution is -2.48. The number of hydrogen-bond donors (Lipinski definition) is 2. The summed E-state index contributed by atoms with van der Waals surface area (Å²) in [5.41, 5.74) is 1.31. The first-order valence-electron chi connectivity index (χ1n) is 7.44. The molecule has 112 valence electrons. The SMILES string of the molecule is CCNCC1(CN(C)c2ccc(O)cc2)CCCOC1. The zero-order chi connectivity index (χ0) is 14.4. The van der Waals surface area contributed by atoms with Gasteiger partial charge in [0.25, 0.3) is 0 Å². The molecular formula is C16H26N2O2. The normalized spacial score (nSPS) is 22.7. The van der Waals surface area contributed by atoms with E-state index in [1.165, 1.54) is 6.42 Å². The Bertz CT molecular complexity index is 399. The van der Waals surface area contributed by atoms with Crippen LogP contribution in [0.3, 0.4) is 0 Å². The molecule has 20 heavy (non-hydrogen) atoms. The largest absolute Gasteiger partial charge is 0.508 e. The molecule has 0 aliphatic carbocycles. The van der Waals surface area contributed by atoms with E-state index in [9.17, 15) is 5.11 Å². The number of benzene rings is 1. The van der Waals surface area contributed by atoms with Crippen molar-refractivity contribution < 1.29 is 9.84 Å². The number of anilines is 1. The molecule has 2 rings (SSSR count). The molecule has 0 aromatic heterocycles. The molecule has 4 nitrogen and oxygen atoms in total. The average Bonchev–Trinajstić information content (AvgIpc) is 2.47. The summed E-state index contributed by atoms with van der Waals surface area (Å²) in [7, 11) is 2.11. The van der Waals surface area contributed by atoms with Crippen LogP contribution >= 0.6 is 0 Å². The Kier molecular flexibility index (Phi) is 5.26. The van der Waals surface area contributed by atoms with Crippen LogP contribution in [0.15, 0.2) is 24.3 Å². The Morgan fingerprint density at radius 1 is 1.35 bits per heavy atom. The molecule has 1 aliphatic rings. The van der Waals surface area contributed by atoms with Gasteiger partial charge in [0.1, 0.15) is 5.75 Å². The summed E-state index contributed by atoms with van der Waals surface area (Å²) >= 11 is 0. The van der Waals surface area contributed by atoms with Crippen LogP contribution in [0, 0.1) is 5.41 Å². The Morgan fingerprint density at radius 2 is 2.10 bits per heavy atom. The van der Waals surface area contributed by atoms with E-state index in [4.69, 9.17) is 4.74 Å². The van der Waals surface area contributed by atoms with Gasteiger partial charge in [-0.3, -0.25) is 0 Å². The van der Waals surface area contributed by atoms with E-state index >= 15 is 0 Å². The molecule has 0 amide bonds. The highest BCUT2D eigenvalue weighted by Gasteiger charge is 2.33. The minimum atomic E-state index is 0.181. The molecule has 4 heteroatoms. The molecule has 0 bridgehead atoms. The minimum Gasteiger partial charge on any atom is -0.508 e. The second kappa shape index (κ2) is 6.95. The smallest absolute Gasteiger partial charge is 0.115 e. The molecule has 1 atom stereocenters. The Labute approximate surface area is 121 Å². The summed E-state index contributed by atoms with van der Waals surface area (Å²) in [5.74, 6) is 0.311. The summed E-state index contributed by atoms with van der Waals surface area (Å²) in [6.07, 6.45) is 2.33. The van der Waals surface area contributed by atoms with Crippen molar-refractivity contribution in [3.05, 3.63) is 24.3 Å². The van der Waals surface area contributed by atoms with Gasteiger partial charge in [-0.2, -0.15) is 0 Å². The predicted octanol–water partition coefficient (Wildman–Crippen LogP) is 2.23. The molecular weight excluding hydrogens is 252 g/mol. The number of phenols is 1. The fourth-order valence-electron chi connectivity index (χ4n) is 2.92. The molecule has 1 heterocycles. The van der Waals surface area contributed by atoms with Gasteiger partial charge < -0.3 is 20.1 Å². The first-order chi connectivity index (χ1) is 9.65. The lowest BCUT2D eigenvalue weighted by atomic mass is 9.81. The van der Waals surface area contributed by atoms with E-state index in [0.717, 1.165) is 45.0 Å². The van der Waals surface area contributed by atoms with Crippen LogP contribution in [0.25, 0.3) is 0 Å². The van der Waals surface area contributed by atoms with Crippen molar-refractivity contribution in [2.75, 3.05) is 44.8 Å². The van der Waals surface area contributed by atoms with Crippen LogP contribution in [0.5, 0.6) is 5.75 Å². The van der Waals surface area contributed by atoms with E-state index in [2.05, 4.69) is 24.2 Å². The van der Waals surface area contributed by atoms with Crippen LogP contribution in [0.1, 0.15) is 19.8 Å². The maximum atomic E-state index is 9.38. The fraction of sp³-hybridized carbons (Fsp3) is 0.625. The number of rotatable bonds is 6. The lowest BCUT2D eigenvalue weighted by molar-refractivity contribution is -0.00248. The van der Waals surface area contributed by atoms with Gasteiger partial charge in [-0.1, -0.05) is 6.92 Å². The van der Waals surface area contributed by atoms with Crippen molar-refractivity contribution >= 4 is 5.69 Å². The molecule has 1 aromatic rings. The van der Waals surface area contributed by atoms with E-state index in [0.29, 0.717) is 5.75 Å². The van der Waals surface area contributed by atoms with Crippen molar-refractivity contribution in [2.45, 2.75) is 19.8 Å². The lowest BCUT2D eigenvalue weighted by Gasteiger charge is -2.40. The number of nitrogens with zero attached hydrogens (tertiary/aromatic N) is 1. The van der Waals surface area contributed by atoms with Crippen LogP contribution < -0.4 is 10.2 Å². The van der Waals surface area contributed by atoms with Crippen LogP contribution in [-0.2, 0) is 4.74 Å². The summed E-state index contributed by atoms with van der Waals surface area (Å²) in [4.78, 5) is 2.26. The van der Waals surface area contributed by atoms with Gasteiger partial charge in [0.2, 0.25) is 0 Å². The molecule has 1 saturated heterocycles. The third-order valence-electron chi connectivity index (χ3n) is 4.02. The molecule has 1 fully saturated rings. The quantitative estimate of drug-likeness (QED) is 0.837. The van der Waals surface area contributed by atoms with Crippen LogP contribution in [-0.4, -0.2) is 45.0 Å². The zero-order valence-corrected chi connectivity index (χ0v) is 12.6. The Balaban J connectivity index is 2.04. The van der Waals surface area contributed by atoms with Crippen molar-refractivity contribution in [3.63, 3.8) is 0 Å². The molecule has 2 N–H and O–H groups in total. The average molecular weight is 278 g/mol. The number of ether oxygens (including phenoxy) is 1. The first kappa shape index (κ1) is 15.1. The highest BCUT2D eigenvalue weighted by Crippen LogP contribution is 2.30. The topological polar surface area (TPSA) is 44.7 Å². The molecule has 0 radical (unpaired) electrons. The van der Waals surface area contributed by atoms with Gasteiger partial charge in [0.15, 0.2) is 0 Å². The summed E-state index contributed by atoms with van der Waals surface area (Å²) < 4.78 is 5.73. The van der Waals surface area contributed by atoms with Gasteiger partial charge in [-0.15, -0.1) is 0 Å². The fourth-order valence-corrected chi connectivity index (χ4v) is 2.92. The second-order valence-corrected chi connectivity index (χ2v) is 5.81. The molecule has 0 saturated carbocycles. The van der Waals surface area contributed by atoms with Gasteiger partial charge in [0.05, 0.1) is 6.61 Å². The predicted molar refractivity (Wildman–Crippen MR) is 82.4 cm³/mol. The molecule has 1 unspecified atom stereocenters. The van der Waals surface area contributed by atoms with Crippen molar-refractivity contribution in [1.29, 1.82) is 0 Å². The zero-order valence-electron chi connectivity index (χ0n) is 12.6. The van der Waals surface area contributed by atoms with E-state index < -0.39 is 0 Å². The Hall–Kier alpha value is -1.26. The van der Waals surface area contributed by atoms with Crippen LogP contribution in [0.4, 0.5) is 5.69 Å². The number of hydrogen-bond acceptors (Lipinski definition) is 4. The first-order valence-corrected chi connectivity index (χ1v) is 7.44. The maximum Gasteiger partial charge on any atom is 0.115 e. The van der Waals surface area contributed by atoms with E-state index in [1.807, 2.05) is 12.1 Å². The highest BCUT2D eigenvalue weighted by atomic mass is 16.5. The van der Waals surface area contributed by atoms with Gasteiger partial charge in [-0.05, 0) is 43.7 Å². The standard InChI is InChI=1S/C16H26N2O2/c1-3-17-11-16(9-4-10-20-13-16)12-18(2)14-5-7-15(19)8-6-14/h5-8,17,19H,3-4,9-13H2,1-2H3.